The third-order valence-corrected chi connectivity index (χ3v) is 3.71. The minimum atomic E-state index is 0.0368. The van der Waals surface area contributed by atoms with E-state index < -0.39 is 0 Å². The molecule has 0 aliphatic rings. The number of nitrogens with zero attached hydrogens (tertiary/aromatic N) is 2. The number of nitrogens with two attached hydrogens (primary N) is 1. The number of aromatic hydroxyl groups is 2. The van der Waals surface area contributed by atoms with Gasteiger partial charge in [-0.3, -0.25) is 0 Å². The van der Waals surface area contributed by atoms with Gasteiger partial charge in [-0.15, -0.1) is 0 Å². The summed E-state index contributed by atoms with van der Waals surface area (Å²) in [5.41, 5.74) is 8.72. The zero-order valence-electron chi connectivity index (χ0n) is 12.4. The zero-order valence-corrected chi connectivity index (χ0v) is 12.4. The fourth-order valence-corrected chi connectivity index (χ4v) is 2.64. The molecule has 0 fully saturated rings. The molecule has 0 atom stereocenters. The van der Waals surface area contributed by atoms with Crippen LogP contribution in [0.5, 0.6) is 11.5 Å². The number of phenols is 2. The molecule has 5 nitrogen and oxygen atoms in total. The lowest BCUT2D eigenvalue weighted by Gasteiger charge is -2.13. The smallest absolute Gasteiger partial charge is 0.134 e. The van der Waals surface area contributed by atoms with Crippen LogP contribution < -0.4 is 5.73 Å². The average molecular weight is 295 g/mol. The Morgan fingerprint density at radius 2 is 1.64 bits per heavy atom. The monoisotopic (exact) mass is 295 g/mol. The van der Waals surface area contributed by atoms with E-state index in [0.29, 0.717) is 16.9 Å². The molecule has 0 aliphatic heterocycles. The van der Waals surface area contributed by atoms with Crippen molar-refractivity contribution in [2.24, 2.45) is 0 Å². The molecule has 5 heteroatoms. The van der Waals surface area contributed by atoms with Crippen molar-refractivity contribution >= 4 is 16.7 Å². The highest BCUT2D eigenvalue weighted by Gasteiger charge is 2.14. The van der Waals surface area contributed by atoms with Crippen LogP contribution in [-0.4, -0.2) is 20.2 Å². The maximum Gasteiger partial charge on any atom is 0.134 e. The predicted octanol–water partition coefficient (Wildman–Crippen LogP) is 3.41. The fourth-order valence-electron chi connectivity index (χ4n) is 2.64. The molecule has 0 aliphatic carbocycles. The normalized spacial score (nSPS) is 11.2. The zero-order chi connectivity index (χ0) is 15.9. The third kappa shape index (κ3) is 2.30. The minimum Gasteiger partial charge on any atom is -0.507 e. The lowest BCUT2D eigenvalue weighted by molar-refractivity contribution is 0.434. The fraction of sp³-hybridized carbons (Fsp3) is 0.176. The van der Waals surface area contributed by atoms with E-state index >= 15 is 0 Å². The van der Waals surface area contributed by atoms with Gasteiger partial charge in [0.15, 0.2) is 0 Å². The average Bonchev–Trinajstić information content (AvgIpc) is 2.46. The lowest BCUT2D eigenvalue weighted by Crippen LogP contribution is -1.94. The van der Waals surface area contributed by atoms with Crippen molar-refractivity contribution in [1.82, 2.24) is 9.97 Å². The van der Waals surface area contributed by atoms with Crippen molar-refractivity contribution in [3.63, 3.8) is 0 Å². The summed E-state index contributed by atoms with van der Waals surface area (Å²) < 4.78 is 0. The third-order valence-electron chi connectivity index (χ3n) is 3.71. The second kappa shape index (κ2) is 5.18. The number of anilines is 1. The number of hydrogen-bond donors (Lipinski definition) is 3. The van der Waals surface area contributed by atoms with Crippen LogP contribution in [-0.2, 0) is 0 Å². The predicted molar refractivity (Wildman–Crippen MR) is 86.8 cm³/mol. The summed E-state index contributed by atoms with van der Waals surface area (Å²) in [5, 5.41) is 21.1. The molecular formula is C17H17N3O2. The topological polar surface area (TPSA) is 92.3 Å². The second-order valence-corrected chi connectivity index (χ2v) is 5.57. The first-order chi connectivity index (χ1) is 10.5. The van der Waals surface area contributed by atoms with Crippen LogP contribution in [0.4, 0.5) is 5.82 Å². The molecule has 0 spiro atoms. The van der Waals surface area contributed by atoms with Gasteiger partial charge in [-0.1, -0.05) is 19.9 Å². The molecule has 1 heterocycles. The SMILES string of the molecule is CC(C)c1c(O)cc(-c2ccc3ncnc(N)c3c2)cc1O. The summed E-state index contributed by atoms with van der Waals surface area (Å²) in [6.07, 6.45) is 1.42. The van der Waals surface area contributed by atoms with Gasteiger partial charge < -0.3 is 15.9 Å². The molecule has 0 radical (unpaired) electrons. The largest absolute Gasteiger partial charge is 0.507 e. The molecule has 1 aromatic heterocycles. The van der Waals surface area contributed by atoms with E-state index in [1.165, 1.54) is 6.33 Å². The number of aromatic nitrogens is 2. The van der Waals surface area contributed by atoms with Crippen LogP contribution in [0.1, 0.15) is 25.3 Å². The molecule has 0 saturated carbocycles. The van der Waals surface area contributed by atoms with Crippen molar-refractivity contribution < 1.29 is 10.2 Å². The van der Waals surface area contributed by atoms with E-state index in [9.17, 15) is 10.2 Å². The van der Waals surface area contributed by atoms with E-state index in [0.717, 1.165) is 16.5 Å². The van der Waals surface area contributed by atoms with Gasteiger partial charge in [-0.05, 0) is 41.3 Å². The summed E-state index contributed by atoms with van der Waals surface area (Å²) in [5.74, 6) is 0.610. The van der Waals surface area contributed by atoms with Crippen molar-refractivity contribution in [3.05, 3.63) is 42.2 Å². The van der Waals surface area contributed by atoms with Gasteiger partial charge in [-0.2, -0.15) is 0 Å². The highest BCUT2D eigenvalue weighted by atomic mass is 16.3. The number of hydrogen-bond acceptors (Lipinski definition) is 5. The number of phenolic OH excluding ortho intramolecular Hbond substituents is 2. The molecule has 112 valence electrons. The van der Waals surface area contributed by atoms with Gasteiger partial charge in [0, 0.05) is 10.9 Å². The molecule has 0 saturated heterocycles. The van der Waals surface area contributed by atoms with E-state index in [4.69, 9.17) is 5.73 Å². The van der Waals surface area contributed by atoms with Crippen LogP contribution in [0.3, 0.4) is 0 Å². The Morgan fingerprint density at radius 3 is 2.27 bits per heavy atom. The van der Waals surface area contributed by atoms with E-state index in [2.05, 4.69) is 9.97 Å². The highest BCUT2D eigenvalue weighted by molar-refractivity contribution is 5.91. The van der Waals surface area contributed by atoms with Crippen LogP contribution in [0.15, 0.2) is 36.7 Å². The van der Waals surface area contributed by atoms with Gasteiger partial charge in [0.25, 0.3) is 0 Å². The summed E-state index contributed by atoms with van der Waals surface area (Å²) >= 11 is 0. The number of benzene rings is 2. The maximum absolute atomic E-state index is 10.2. The summed E-state index contributed by atoms with van der Waals surface area (Å²) in [6, 6.07) is 8.87. The van der Waals surface area contributed by atoms with Gasteiger partial charge in [0.1, 0.15) is 23.6 Å². The van der Waals surface area contributed by atoms with Gasteiger partial charge >= 0.3 is 0 Å². The standard InChI is InChI=1S/C17H17N3O2/c1-9(2)16-14(21)6-11(7-15(16)22)10-3-4-13-12(5-10)17(18)20-8-19-13/h3-9,21-22H,1-2H3,(H2,18,19,20). The molecule has 4 N–H and O–H groups in total. The maximum atomic E-state index is 10.2. The first kappa shape index (κ1) is 14.1. The Labute approximate surface area is 128 Å². The Morgan fingerprint density at radius 1 is 0.955 bits per heavy atom. The number of nitrogen functional groups attached to an aromatic ring is 1. The molecule has 0 amide bonds. The highest BCUT2D eigenvalue weighted by Crippen LogP contribution is 2.38. The first-order valence-electron chi connectivity index (χ1n) is 7.04. The molecule has 3 aromatic rings. The quantitative estimate of drug-likeness (QED) is 0.673. The number of fused-ring (bicyclic) bond motifs is 1. The lowest BCUT2D eigenvalue weighted by atomic mass is 9.96. The molecule has 0 unspecified atom stereocenters. The second-order valence-electron chi connectivity index (χ2n) is 5.57. The minimum absolute atomic E-state index is 0.0368. The number of rotatable bonds is 2. The Kier molecular flexibility index (Phi) is 3.33. The molecular weight excluding hydrogens is 278 g/mol. The van der Waals surface area contributed by atoms with E-state index in [1.54, 1.807) is 12.1 Å². The summed E-state index contributed by atoms with van der Waals surface area (Å²) in [6.45, 7) is 3.84. The first-order valence-corrected chi connectivity index (χ1v) is 7.04. The Balaban J connectivity index is 2.17. The van der Waals surface area contributed by atoms with Gasteiger partial charge in [0.2, 0.25) is 0 Å². The van der Waals surface area contributed by atoms with Crippen LogP contribution in [0.25, 0.3) is 22.0 Å². The molecule has 0 bridgehead atoms. The van der Waals surface area contributed by atoms with Gasteiger partial charge in [0.05, 0.1) is 5.52 Å². The Hall–Kier alpha value is -2.82. The van der Waals surface area contributed by atoms with Crippen LogP contribution >= 0.6 is 0 Å². The molecule has 3 rings (SSSR count). The van der Waals surface area contributed by atoms with Crippen molar-refractivity contribution in [1.29, 1.82) is 0 Å². The van der Waals surface area contributed by atoms with Crippen LogP contribution in [0.2, 0.25) is 0 Å². The summed E-state index contributed by atoms with van der Waals surface area (Å²) in [4.78, 5) is 8.14. The Bertz CT molecular complexity index is 837. The summed E-state index contributed by atoms with van der Waals surface area (Å²) in [7, 11) is 0. The van der Waals surface area contributed by atoms with Crippen LogP contribution in [0, 0.1) is 0 Å². The van der Waals surface area contributed by atoms with Crippen molar-refractivity contribution in [2.75, 3.05) is 5.73 Å². The molecule has 2 aromatic carbocycles. The van der Waals surface area contributed by atoms with Gasteiger partial charge in [-0.25, -0.2) is 9.97 Å². The van der Waals surface area contributed by atoms with E-state index in [-0.39, 0.29) is 17.4 Å². The van der Waals surface area contributed by atoms with E-state index in [1.807, 2.05) is 32.0 Å². The molecule has 22 heavy (non-hydrogen) atoms. The van der Waals surface area contributed by atoms with Crippen molar-refractivity contribution in [2.45, 2.75) is 19.8 Å². The van der Waals surface area contributed by atoms with Crippen molar-refractivity contribution in [3.8, 4) is 22.6 Å².